The van der Waals surface area contributed by atoms with Gasteiger partial charge in [0.15, 0.2) is 0 Å². The van der Waals surface area contributed by atoms with Gasteiger partial charge >= 0.3 is 5.97 Å². The van der Waals surface area contributed by atoms with Crippen molar-refractivity contribution in [1.82, 2.24) is 0 Å². The lowest BCUT2D eigenvalue weighted by Gasteiger charge is -2.03. The average Bonchev–Trinajstić information content (AvgIpc) is 2.30. The molecule has 0 aliphatic carbocycles. The Hall–Kier alpha value is -2.28. The van der Waals surface area contributed by atoms with Gasteiger partial charge in [0.1, 0.15) is 6.42 Å². The number of rotatable bonds is 2. The molecule has 1 rings (SSSR count). The quantitative estimate of drug-likeness (QED) is 0.620. The van der Waals surface area contributed by atoms with Crippen molar-refractivity contribution in [2.24, 2.45) is 0 Å². The molecule has 0 aromatic heterocycles. The summed E-state index contributed by atoms with van der Waals surface area (Å²) in [5.74, 6) is 4.97. The second kappa shape index (κ2) is 6.33. The molecule has 0 bridgehead atoms. The normalized spacial score (nSPS) is 8.82. The van der Waals surface area contributed by atoms with Crippen LogP contribution in [0.5, 0.6) is 0 Å². The van der Waals surface area contributed by atoms with E-state index in [1.807, 2.05) is 6.07 Å². The third-order valence-corrected chi connectivity index (χ3v) is 1.92. The van der Waals surface area contributed by atoms with E-state index in [1.54, 1.807) is 18.2 Å². The molecule has 0 atom stereocenters. The summed E-state index contributed by atoms with van der Waals surface area (Å²) in [5.41, 5.74) is 1.31. The van der Waals surface area contributed by atoms with Crippen LogP contribution in [-0.2, 0) is 14.3 Å². The second-order valence-electron chi connectivity index (χ2n) is 3.28. The first-order valence-electron chi connectivity index (χ1n) is 5.06. The number of methoxy groups -OCH3 is 1. The molecule has 1 aromatic carbocycles. The molecule has 1 amide bonds. The first-order valence-corrected chi connectivity index (χ1v) is 5.06. The Kier molecular flexibility index (Phi) is 4.77. The zero-order valence-corrected chi connectivity index (χ0v) is 9.74. The number of anilines is 1. The number of carbonyl (C=O) groups is 2. The first kappa shape index (κ1) is 12.8. The van der Waals surface area contributed by atoms with Crippen molar-refractivity contribution >= 4 is 17.6 Å². The molecule has 0 fully saturated rings. The molecule has 0 radical (unpaired) electrons. The van der Waals surface area contributed by atoms with Gasteiger partial charge in [-0.3, -0.25) is 9.59 Å². The number of hydrogen-bond acceptors (Lipinski definition) is 3. The lowest BCUT2D eigenvalue weighted by molar-refractivity contribution is -0.139. The van der Waals surface area contributed by atoms with Crippen molar-refractivity contribution in [3.05, 3.63) is 29.8 Å². The van der Waals surface area contributed by atoms with Crippen LogP contribution in [0.4, 0.5) is 5.69 Å². The minimum absolute atomic E-state index is 0.0326. The van der Waals surface area contributed by atoms with Gasteiger partial charge < -0.3 is 10.1 Å². The largest absolute Gasteiger partial charge is 0.468 e. The Labute approximate surface area is 100.0 Å². The van der Waals surface area contributed by atoms with Gasteiger partial charge in [-0.25, -0.2) is 0 Å². The summed E-state index contributed by atoms with van der Waals surface area (Å²) < 4.78 is 4.47. The summed E-state index contributed by atoms with van der Waals surface area (Å²) in [7, 11) is 1.31. The molecule has 4 nitrogen and oxygen atoms in total. The summed E-state index contributed by atoms with van der Waals surface area (Å²) in [5, 5.41) is 2.67. The van der Waals surface area contributed by atoms with Crippen LogP contribution in [0, 0.1) is 11.8 Å². The fourth-order valence-corrected chi connectivity index (χ4v) is 1.17. The Morgan fingerprint density at radius 2 is 2.06 bits per heavy atom. The second-order valence-corrected chi connectivity index (χ2v) is 3.28. The van der Waals surface area contributed by atoms with Gasteiger partial charge in [0, 0.05) is 12.5 Å². The predicted molar refractivity (Wildman–Crippen MR) is 64.3 cm³/mol. The highest BCUT2D eigenvalue weighted by atomic mass is 16.5. The van der Waals surface area contributed by atoms with E-state index in [4.69, 9.17) is 0 Å². The van der Waals surface area contributed by atoms with Crippen LogP contribution in [-0.4, -0.2) is 19.0 Å². The van der Waals surface area contributed by atoms with E-state index in [2.05, 4.69) is 21.9 Å². The highest BCUT2D eigenvalue weighted by Gasteiger charge is 2.00. The number of amides is 1. The van der Waals surface area contributed by atoms with Crippen LogP contribution >= 0.6 is 0 Å². The first-order chi connectivity index (χ1) is 8.13. The smallest absolute Gasteiger partial charge is 0.317 e. The van der Waals surface area contributed by atoms with Crippen molar-refractivity contribution in [3.8, 4) is 11.8 Å². The van der Waals surface area contributed by atoms with Gasteiger partial charge in [-0.15, -0.1) is 0 Å². The minimum atomic E-state index is -0.380. The number of nitrogens with one attached hydrogen (secondary N) is 1. The summed E-state index contributed by atoms with van der Waals surface area (Å²) >= 11 is 0. The van der Waals surface area contributed by atoms with Gasteiger partial charge in [-0.2, -0.15) is 0 Å². The predicted octanol–water partition coefficient (Wildman–Crippen LogP) is 1.56. The van der Waals surface area contributed by atoms with E-state index in [9.17, 15) is 9.59 Å². The van der Waals surface area contributed by atoms with E-state index in [-0.39, 0.29) is 18.3 Å². The Morgan fingerprint density at radius 3 is 2.71 bits per heavy atom. The molecule has 0 saturated heterocycles. The maximum atomic E-state index is 11.0. The third kappa shape index (κ3) is 4.39. The van der Waals surface area contributed by atoms with E-state index in [0.717, 1.165) is 0 Å². The number of hydrogen-bond donors (Lipinski definition) is 1. The topological polar surface area (TPSA) is 55.4 Å². The van der Waals surface area contributed by atoms with Gasteiger partial charge in [0.2, 0.25) is 5.91 Å². The van der Waals surface area contributed by atoms with Crippen molar-refractivity contribution in [1.29, 1.82) is 0 Å². The third-order valence-electron chi connectivity index (χ3n) is 1.92. The van der Waals surface area contributed by atoms with Crippen molar-refractivity contribution in [3.63, 3.8) is 0 Å². The van der Waals surface area contributed by atoms with Crippen molar-refractivity contribution in [2.75, 3.05) is 12.4 Å². The molecule has 4 heteroatoms. The molecule has 88 valence electrons. The molecule has 1 aromatic rings. The minimum Gasteiger partial charge on any atom is -0.468 e. The van der Waals surface area contributed by atoms with Crippen LogP contribution in [0.3, 0.4) is 0 Å². The van der Waals surface area contributed by atoms with Crippen molar-refractivity contribution < 1.29 is 14.3 Å². The van der Waals surface area contributed by atoms with E-state index in [1.165, 1.54) is 14.0 Å². The molecule has 0 saturated carbocycles. The maximum Gasteiger partial charge on any atom is 0.317 e. The van der Waals surface area contributed by atoms with Gasteiger partial charge in [-0.05, 0) is 12.1 Å². The van der Waals surface area contributed by atoms with Crippen molar-refractivity contribution in [2.45, 2.75) is 13.3 Å². The van der Waals surface area contributed by atoms with Crippen LogP contribution in [0.1, 0.15) is 18.9 Å². The fraction of sp³-hybridized carbons (Fsp3) is 0.231. The monoisotopic (exact) mass is 231 g/mol. The molecule has 0 unspecified atom stereocenters. The average molecular weight is 231 g/mol. The Balaban J connectivity index is 2.82. The Morgan fingerprint density at radius 1 is 1.35 bits per heavy atom. The molecule has 1 N–H and O–H groups in total. The number of para-hydroxylation sites is 1. The van der Waals surface area contributed by atoms with Crippen LogP contribution < -0.4 is 5.32 Å². The van der Waals surface area contributed by atoms with Crippen LogP contribution in [0.2, 0.25) is 0 Å². The maximum absolute atomic E-state index is 11.0. The fourth-order valence-electron chi connectivity index (χ4n) is 1.17. The highest BCUT2D eigenvalue weighted by Crippen LogP contribution is 2.13. The highest BCUT2D eigenvalue weighted by molar-refractivity contribution is 5.90. The number of ether oxygens (including phenoxy) is 1. The molecule has 17 heavy (non-hydrogen) atoms. The summed E-state index contributed by atoms with van der Waals surface area (Å²) in [6.45, 7) is 1.43. The summed E-state index contributed by atoms with van der Waals surface area (Å²) in [6.07, 6.45) is 0.0326. The molecule has 0 heterocycles. The zero-order valence-electron chi connectivity index (χ0n) is 9.74. The molecule has 0 aliphatic heterocycles. The Bertz CT molecular complexity index is 483. The molecule has 0 spiro atoms. The zero-order chi connectivity index (χ0) is 12.7. The lowest BCUT2D eigenvalue weighted by Crippen LogP contribution is -2.07. The van der Waals surface area contributed by atoms with E-state index < -0.39 is 0 Å². The number of carbonyl (C=O) groups excluding carboxylic acids is 2. The summed E-state index contributed by atoms with van der Waals surface area (Å²) in [4.78, 5) is 21.8. The number of esters is 1. The van der Waals surface area contributed by atoms with E-state index >= 15 is 0 Å². The van der Waals surface area contributed by atoms with Crippen LogP contribution in [0.25, 0.3) is 0 Å². The van der Waals surface area contributed by atoms with Gasteiger partial charge in [0.05, 0.1) is 12.8 Å². The van der Waals surface area contributed by atoms with E-state index in [0.29, 0.717) is 11.3 Å². The van der Waals surface area contributed by atoms with Gasteiger partial charge in [-0.1, -0.05) is 24.0 Å². The van der Waals surface area contributed by atoms with Gasteiger partial charge in [0.25, 0.3) is 0 Å². The number of benzene rings is 1. The lowest BCUT2D eigenvalue weighted by atomic mass is 10.1. The standard InChI is InChI=1S/C13H13NO3/c1-10(15)14-12-8-4-3-6-11(12)7-5-9-13(16)17-2/h3-4,6,8H,9H2,1-2H3,(H,14,15). The summed E-state index contributed by atoms with van der Waals surface area (Å²) in [6, 6.07) is 7.14. The molecular weight excluding hydrogens is 218 g/mol. The SMILES string of the molecule is COC(=O)CC#Cc1ccccc1NC(C)=O. The molecular formula is C13H13NO3. The van der Waals surface area contributed by atoms with Crippen LogP contribution in [0.15, 0.2) is 24.3 Å². The molecule has 0 aliphatic rings.